The summed E-state index contributed by atoms with van der Waals surface area (Å²) >= 11 is 0. The Balaban J connectivity index is 1.22. The minimum Gasteiger partial charge on any atom is -0.395 e. The van der Waals surface area contributed by atoms with Crippen molar-refractivity contribution in [2.75, 3.05) is 54.9 Å². The van der Waals surface area contributed by atoms with E-state index in [1.165, 1.54) is 0 Å². The lowest BCUT2D eigenvalue weighted by atomic mass is 9.82. The van der Waals surface area contributed by atoms with Gasteiger partial charge in [-0.05, 0) is 93.3 Å². The van der Waals surface area contributed by atoms with E-state index < -0.39 is 31.6 Å². The molecule has 7 rings (SSSR count). The van der Waals surface area contributed by atoms with Crippen molar-refractivity contribution in [1.82, 2.24) is 15.5 Å². The Kier molecular flexibility index (Phi) is 12.8. The molecule has 5 N–H and O–H groups in total. The predicted molar refractivity (Wildman–Crippen MR) is 224 cm³/mol. The molecule has 3 aromatic carbocycles. The maximum Gasteiger partial charge on any atom is 0.264 e. The lowest BCUT2D eigenvalue weighted by Gasteiger charge is -2.31. The molecule has 58 heavy (non-hydrogen) atoms. The molecule has 0 radical (unpaired) electrons. The van der Waals surface area contributed by atoms with Gasteiger partial charge >= 0.3 is 0 Å². The first kappa shape index (κ1) is 41.7. The zero-order chi connectivity index (χ0) is 41.0. The average molecular weight is 813 g/mol. The second kappa shape index (κ2) is 17.8. The standard InChI is InChI=1S/C44H57FN6O6Si/c1-29-40(58(2,3)45)38(24-39(53)50(20-21-52)27-30-10-5-4-6-11-30)57-44(29)36-23-35(49-42(55)33-14-9-19-47-26-33)16-17-37(36)51(43(44)56)28-31-12-7-15-34(22-31)48-41(54)32-13-8-18-46-25-32/h4-7,10-12,15-17,22-23,29,32-33,38,40,46-47,52H,8-9,13-14,18-21,24-28H2,1-3H3,(H,48,54)(H,49,55)/t29-,32?,33?,38+,40-,44+/m1/s1. The van der Waals surface area contributed by atoms with Gasteiger partial charge in [-0.2, -0.15) is 0 Å². The van der Waals surface area contributed by atoms with Gasteiger partial charge in [0.1, 0.15) is 0 Å². The van der Waals surface area contributed by atoms with Gasteiger partial charge in [0.05, 0.1) is 43.2 Å². The van der Waals surface area contributed by atoms with E-state index in [2.05, 4.69) is 21.3 Å². The summed E-state index contributed by atoms with van der Waals surface area (Å²) in [5, 5.41) is 22.6. The molecule has 4 aliphatic heterocycles. The molecule has 12 nitrogen and oxygen atoms in total. The third kappa shape index (κ3) is 8.76. The quantitative estimate of drug-likeness (QED) is 0.115. The number of halogens is 1. The van der Waals surface area contributed by atoms with Crippen LogP contribution in [0.15, 0.2) is 72.8 Å². The molecule has 4 amide bonds. The van der Waals surface area contributed by atoms with Crippen LogP contribution < -0.4 is 26.2 Å². The number of nitrogens with one attached hydrogen (secondary N) is 4. The smallest absolute Gasteiger partial charge is 0.264 e. The number of piperidine rings is 2. The topological polar surface area (TPSA) is 152 Å². The van der Waals surface area contributed by atoms with Crippen LogP contribution in [0.25, 0.3) is 0 Å². The molecule has 2 unspecified atom stereocenters. The van der Waals surface area contributed by atoms with Crippen LogP contribution in [0.1, 0.15) is 55.7 Å². The van der Waals surface area contributed by atoms with Crippen LogP contribution in [0.3, 0.4) is 0 Å². The minimum absolute atomic E-state index is 0.0522. The van der Waals surface area contributed by atoms with Gasteiger partial charge in [-0.3, -0.25) is 19.2 Å². The fourth-order valence-electron chi connectivity index (χ4n) is 9.57. The number of benzene rings is 3. The summed E-state index contributed by atoms with van der Waals surface area (Å²) in [4.78, 5) is 59.1. The van der Waals surface area contributed by atoms with E-state index in [1.807, 2.05) is 67.6 Å². The summed E-state index contributed by atoms with van der Waals surface area (Å²) in [5.41, 5.74) is 1.51. The number of ether oxygens (including phenoxy) is 1. The van der Waals surface area contributed by atoms with Gasteiger partial charge in [-0.1, -0.05) is 49.4 Å². The van der Waals surface area contributed by atoms with Crippen LogP contribution >= 0.6 is 0 Å². The monoisotopic (exact) mass is 812 g/mol. The van der Waals surface area contributed by atoms with Gasteiger partial charge in [0.25, 0.3) is 5.91 Å². The van der Waals surface area contributed by atoms with E-state index in [4.69, 9.17) is 4.74 Å². The molecule has 310 valence electrons. The van der Waals surface area contributed by atoms with Gasteiger partial charge in [0.2, 0.25) is 26.1 Å². The fourth-order valence-corrected chi connectivity index (χ4v) is 12.1. The molecule has 1 spiro atoms. The number of rotatable bonds is 13. The van der Waals surface area contributed by atoms with Crippen LogP contribution in [-0.4, -0.2) is 87.5 Å². The number of nitrogens with zero attached hydrogens (tertiary/aromatic N) is 2. The number of anilines is 3. The normalized spacial score (nSPS) is 25.7. The first-order valence-corrected chi connectivity index (χ1v) is 23.7. The summed E-state index contributed by atoms with van der Waals surface area (Å²) in [5.74, 6) is -1.84. The maximum atomic E-state index is 16.7. The second-order valence-corrected chi connectivity index (χ2v) is 20.7. The Bertz CT molecular complexity index is 1970. The fraction of sp³-hybridized carbons (Fsp3) is 0.500. The van der Waals surface area contributed by atoms with Gasteiger partial charge in [-0.15, -0.1) is 0 Å². The lowest BCUT2D eigenvalue weighted by molar-refractivity contribution is -0.150. The zero-order valence-electron chi connectivity index (χ0n) is 33.8. The number of fused-ring (bicyclic) bond motifs is 2. The van der Waals surface area contributed by atoms with E-state index in [9.17, 15) is 19.5 Å². The summed E-state index contributed by atoms with van der Waals surface area (Å²) in [7, 11) is -3.62. The molecule has 0 bridgehead atoms. The number of aliphatic hydroxyl groups excluding tert-OH is 1. The number of aliphatic hydroxyl groups is 1. The first-order valence-electron chi connectivity index (χ1n) is 20.8. The highest BCUT2D eigenvalue weighted by molar-refractivity contribution is 6.72. The van der Waals surface area contributed by atoms with Crippen LogP contribution in [0.2, 0.25) is 18.6 Å². The molecule has 4 heterocycles. The van der Waals surface area contributed by atoms with Gasteiger partial charge in [-0.25, -0.2) is 0 Å². The molecule has 14 heteroatoms. The van der Waals surface area contributed by atoms with Gasteiger partial charge in [0.15, 0.2) is 5.60 Å². The molecule has 0 aliphatic carbocycles. The van der Waals surface area contributed by atoms with Crippen LogP contribution in [0.5, 0.6) is 0 Å². The van der Waals surface area contributed by atoms with Crippen LogP contribution in [-0.2, 0) is 42.6 Å². The average Bonchev–Trinajstić information content (AvgIpc) is 3.64. The number of carbonyl (C=O) groups excluding carboxylic acids is 4. The number of hydrogen-bond acceptors (Lipinski definition) is 8. The molecule has 3 fully saturated rings. The lowest BCUT2D eigenvalue weighted by Crippen LogP contribution is -2.45. The highest BCUT2D eigenvalue weighted by Crippen LogP contribution is 2.60. The largest absolute Gasteiger partial charge is 0.395 e. The molecule has 0 aromatic heterocycles. The van der Waals surface area contributed by atoms with Gasteiger partial charge in [0, 0.05) is 54.6 Å². The third-order valence-electron chi connectivity index (χ3n) is 12.4. The Hall–Kier alpha value is -4.47. The highest BCUT2D eigenvalue weighted by atomic mass is 28.4. The molecule has 6 atom stereocenters. The predicted octanol–water partition coefficient (Wildman–Crippen LogP) is 5.30. The van der Waals surface area contributed by atoms with Crippen LogP contribution in [0, 0.1) is 17.8 Å². The molecular weight excluding hydrogens is 756 g/mol. The third-order valence-corrected chi connectivity index (χ3v) is 14.9. The summed E-state index contributed by atoms with van der Waals surface area (Å²) in [6, 6.07) is 22.3. The zero-order valence-corrected chi connectivity index (χ0v) is 34.8. The van der Waals surface area contributed by atoms with Crippen molar-refractivity contribution >= 4 is 49.1 Å². The highest BCUT2D eigenvalue weighted by Gasteiger charge is 2.67. The van der Waals surface area contributed by atoms with E-state index in [0.717, 1.165) is 49.9 Å². The van der Waals surface area contributed by atoms with Gasteiger partial charge < -0.3 is 45.0 Å². The maximum absolute atomic E-state index is 16.7. The van der Waals surface area contributed by atoms with Crippen molar-refractivity contribution in [2.24, 2.45) is 17.8 Å². The summed E-state index contributed by atoms with van der Waals surface area (Å²) < 4.78 is 23.7. The van der Waals surface area contributed by atoms with E-state index in [0.29, 0.717) is 35.7 Å². The molecule has 0 saturated carbocycles. The van der Waals surface area contributed by atoms with E-state index in [1.54, 1.807) is 35.0 Å². The molecule has 3 saturated heterocycles. The molecular formula is C44H57FN6O6Si. The van der Waals surface area contributed by atoms with Crippen molar-refractivity contribution in [3.05, 3.63) is 89.5 Å². The minimum atomic E-state index is -3.62. The number of hydrogen-bond donors (Lipinski definition) is 5. The Morgan fingerprint density at radius 1 is 0.914 bits per heavy atom. The molecule has 3 aromatic rings. The van der Waals surface area contributed by atoms with Crippen molar-refractivity contribution < 1.29 is 33.1 Å². The van der Waals surface area contributed by atoms with Crippen molar-refractivity contribution in [1.29, 1.82) is 0 Å². The first-order chi connectivity index (χ1) is 27.9. The summed E-state index contributed by atoms with van der Waals surface area (Å²) in [6.45, 7) is 8.27. The Labute approximate surface area is 341 Å². The Morgan fingerprint density at radius 3 is 2.16 bits per heavy atom. The van der Waals surface area contributed by atoms with Crippen molar-refractivity contribution in [2.45, 2.75) is 82.5 Å². The van der Waals surface area contributed by atoms with Crippen LogP contribution in [0.4, 0.5) is 21.2 Å². The Morgan fingerprint density at radius 2 is 1.55 bits per heavy atom. The van der Waals surface area contributed by atoms with Crippen molar-refractivity contribution in [3.8, 4) is 0 Å². The van der Waals surface area contributed by atoms with E-state index in [-0.39, 0.29) is 68.1 Å². The number of amides is 4. The second-order valence-electron chi connectivity index (χ2n) is 16.9. The summed E-state index contributed by atoms with van der Waals surface area (Å²) in [6.07, 6.45) is 2.32. The SMILES string of the molecule is C[C@@H]1[C@@H]([Si](C)(C)F)[C@H](CC(=O)N(CCO)Cc2ccccc2)O[C@@]12C(=O)N(Cc1cccc(NC(=O)C3CCCNC3)c1)c1ccc(NC(=O)C3CCCNC3)cc12. The van der Waals surface area contributed by atoms with E-state index >= 15 is 8.90 Å². The van der Waals surface area contributed by atoms with Crippen molar-refractivity contribution in [3.63, 3.8) is 0 Å². The molecule has 4 aliphatic rings. The number of carbonyl (C=O) groups is 4.